The summed E-state index contributed by atoms with van der Waals surface area (Å²) < 4.78 is 1.99. The number of aryl methyl sites for hydroxylation is 1. The minimum Gasteiger partial charge on any atom is -0.324 e. The summed E-state index contributed by atoms with van der Waals surface area (Å²) in [4.78, 5) is 26.6. The number of hydrogen-bond donors (Lipinski definition) is 1. The van der Waals surface area contributed by atoms with Crippen LogP contribution in [0.3, 0.4) is 0 Å². The Balaban J connectivity index is 1.76. The number of benzene rings is 1. The zero-order valence-corrected chi connectivity index (χ0v) is 16.6. The van der Waals surface area contributed by atoms with Crippen molar-refractivity contribution in [3.63, 3.8) is 0 Å². The number of anilines is 2. The quantitative estimate of drug-likeness (QED) is 0.849. The van der Waals surface area contributed by atoms with Gasteiger partial charge in [0.05, 0.1) is 23.5 Å². The largest absolute Gasteiger partial charge is 0.324 e. The first-order valence-electron chi connectivity index (χ1n) is 9.59. The number of carbonyl (C=O) groups excluding carboxylic acids is 2. The molecule has 1 fully saturated rings. The fraction of sp³-hybridized carbons (Fsp3) is 0.476. The summed E-state index contributed by atoms with van der Waals surface area (Å²) >= 11 is 0. The van der Waals surface area contributed by atoms with E-state index in [4.69, 9.17) is 0 Å². The smallest absolute Gasteiger partial charge is 0.228 e. The molecule has 1 N–H and O–H groups in total. The van der Waals surface area contributed by atoms with Crippen LogP contribution in [0.1, 0.15) is 43.6 Å². The Kier molecular flexibility index (Phi) is 5.63. The maximum Gasteiger partial charge on any atom is 0.228 e. The molecule has 2 heterocycles. The highest BCUT2D eigenvalue weighted by Gasteiger charge is 2.24. The number of hydrogen-bond acceptors (Lipinski definition) is 3. The molecule has 3 rings (SSSR count). The van der Waals surface area contributed by atoms with Crippen LogP contribution in [0.25, 0.3) is 0 Å². The standard InChI is InChI=1S/C21H28N4O2/c1-14(2)13-25-16(4)17(15(3)23-25)12-20(26)22-18-8-5-6-9-19(18)24-11-7-10-21(24)27/h5-6,8-9,14H,7,10-13H2,1-4H3,(H,22,26). The lowest BCUT2D eigenvalue weighted by atomic mass is 10.1. The molecule has 1 aliphatic heterocycles. The van der Waals surface area contributed by atoms with Crippen molar-refractivity contribution in [1.29, 1.82) is 0 Å². The molecule has 0 saturated carbocycles. The Morgan fingerprint density at radius 3 is 2.67 bits per heavy atom. The third-order valence-electron chi connectivity index (χ3n) is 4.95. The van der Waals surface area contributed by atoms with Gasteiger partial charge in [0.2, 0.25) is 11.8 Å². The summed E-state index contributed by atoms with van der Waals surface area (Å²) in [5, 5.41) is 7.58. The van der Waals surface area contributed by atoms with Crippen molar-refractivity contribution in [2.45, 2.75) is 53.5 Å². The molecule has 6 heteroatoms. The first-order chi connectivity index (χ1) is 12.9. The van der Waals surface area contributed by atoms with Crippen LogP contribution in [0.2, 0.25) is 0 Å². The van der Waals surface area contributed by atoms with Gasteiger partial charge in [0, 0.05) is 30.8 Å². The molecule has 0 atom stereocenters. The molecular formula is C21H28N4O2. The van der Waals surface area contributed by atoms with Crippen LogP contribution in [0.15, 0.2) is 24.3 Å². The number of para-hydroxylation sites is 2. The summed E-state index contributed by atoms with van der Waals surface area (Å²) in [6.45, 7) is 9.81. The zero-order chi connectivity index (χ0) is 19.6. The number of aromatic nitrogens is 2. The monoisotopic (exact) mass is 368 g/mol. The van der Waals surface area contributed by atoms with Crippen molar-refractivity contribution in [3.05, 3.63) is 41.2 Å². The summed E-state index contributed by atoms with van der Waals surface area (Å²) in [6, 6.07) is 7.49. The van der Waals surface area contributed by atoms with E-state index in [1.165, 1.54) is 0 Å². The highest BCUT2D eigenvalue weighted by Crippen LogP contribution is 2.29. The van der Waals surface area contributed by atoms with Gasteiger partial charge in [-0.05, 0) is 38.3 Å². The Morgan fingerprint density at radius 2 is 2.00 bits per heavy atom. The first kappa shape index (κ1) is 19.1. The Hall–Kier alpha value is -2.63. The minimum absolute atomic E-state index is 0.0932. The average molecular weight is 368 g/mol. The van der Waals surface area contributed by atoms with E-state index in [1.807, 2.05) is 42.8 Å². The van der Waals surface area contributed by atoms with E-state index in [0.29, 0.717) is 24.6 Å². The van der Waals surface area contributed by atoms with E-state index in [0.717, 1.165) is 35.6 Å². The second-order valence-corrected chi connectivity index (χ2v) is 7.62. The third-order valence-corrected chi connectivity index (χ3v) is 4.95. The fourth-order valence-electron chi connectivity index (χ4n) is 3.59. The topological polar surface area (TPSA) is 67.2 Å². The normalized spacial score (nSPS) is 14.3. The highest BCUT2D eigenvalue weighted by atomic mass is 16.2. The van der Waals surface area contributed by atoms with E-state index in [2.05, 4.69) is 24.3 Å². The van der Waals surface area contributed by atoms with Crippen molar-refractivity contribution in [1.82, 2.24) is 9.78 Å². The molecular weight excluding hydrogens is 340 g/mol. The fourth-order valence-corrected chi connectivity index (χ4v) is 3.59. The van der Waals surface area contributed by atoms with Gasteiger partial charge in [0.1, 0.15) is 0 Å². The van der Waals surface area contributed by atoms with Crippen molar-refractivity contribution >= 4 is 23.2 Å². The second kappa shape index (κ2) is 7.94. The van der Waals surface area contributed by atoms with E-state index < -0.39 is 0 Å². The van der Waals surface area contributed by atoms with Crippen LogP contribution in [-0.4, -0.2) is 28.1 Å². The zero-order valence-electron chi connectivity index (χ0n) is 16.6. The van der Waals surface area contributed by atoms with Gasteiger partial charge in [-0.15, -0.1) is 0 Å². The number of amides is 2. The molecule has 1 aliphatic rings. The predicted molar refractivity (Wildman–Crippen MR) is 107 cm³/mol. The Morgan fingerprint density at radius 1 is 1.26 bits per heavy atom. The Bertz CT molecular complexity index is 854. The molecule has 0 bridgehead atoms. The maximum atomic E-state index is 12.7. The maximum absolute atomic E-state index is 12.7. The van der Waals surface area contributed by atoms with Gasteiger partial charge in [0.15, 0.2) is 0 Å². The van der Waals surface area contributed by atoms with Gasteiger partial charge in [-0.3, -0.25) is 14.3 Å². The lowest BCUT2D eigenvalue weighted by Gasteiger charge is -2.20. The molecule has 1 aromatic heterocycles. The molecule has 1 saturated heterocycles. The summed E-state index contributed by atoms with van der Waals surface area (Å²) in [7, 11) is 0. The number of nitrogens with one attached hydrogen (secondary N) is 1. The van der Waals surface area contributed by atoms with Crippen LogP contribution in [0.5, 0.6) is 0 Å². The second-order valence-electron chi connectivity index (χ2n) is 7.62. The first-order valence-corrected chi connectivity index (χ1v) is 9.59. The van der Waals surface area contributed by atoms with Crippen LogP contribution in [0.4, 0.5) is 11.4 Å². The van der Waals surface area contributed by atoms with Crippen molar-refractivity contribution < 1.29 is 9.59 Å². The molecule has 0 radical (unpaired) electrons. The number of rotatable bonds is 6. The molecule has 2 aromatic rings. The van der Waals surface area contributed by atoms with Gasteiger partial charge in [0.25, 0.3) is 0 Å². The molecule has 0 aliphatic carbocycles. The minimum atomic E-state index is -0.0932. The van der Waals surface area contributed by atoms with Crippen LogP contribution < -0.4 is 10.2 Å². The SMILES string of the molecule is Cc1nn(CC(C)C)c(C)c1CC(=O)Nc1ccccc1N1CCCC1=O. The highest BCUT2D eigenvalue weighted by molar-refractivity contribution is 6.02. The van der Waals surface area contributed by atoms with Crippen LogP contribution in [0, 0.1) is 19.8 Å². The van der Waals surface area contributed by atoms with Gasteiger partial charge < -0.3 is 10.2 Å². The van der Waals surface area contributed by atoms with E-state index in [1.54, 1.807) is 4.90 Å². The molecule has 6 nitrogen and oxygen atoms in total. The van der Waals surface area contributed by atoms with Gasteiger partial charge in [-0.25, -0.2) is 0 Å². The predicted octanol–water partition coefficient (Wildman–Crippen LogP) is 3.46. The Labute approximate surface area is 160 Å². The van der Waals surface area contributed by atoms with E-state index >= 15 is 0 Å². The molecule has 144 valence electrons. The van der Waals surface area contributed by atoms with Gasteiger partial charge >= 0.3 is 0 Å². The number of nitrogens with zero attached hydrogens (tertiary/aromatic N) is 3. The van der Waals surface area contributed by atoms with E-state index in [-0.39, 0.29) is 18.2 Å². The summed E-state index contributed by atoms with van der Waals surface area (Å²) in [5.41, 5.74) is 4.37. The lowest BCUT2D eigenvalue weighted by Crippen LogP contribution is -2.26. The summed E-state index contributed by atoms with van der Waals surface area (Å²) in [5.74, 6) is 0.511. The molecule has 0 unspecified atom stereocenters. The summed E-state index contributed by atoms with van der Waals surface area (Å²) in [6.07, 6.45) is 1.70. The van der Waals surface area contributed by atoms with Gasteiger partial charge in [-0.2, -0.15) is 5.10 Å². The van der Waals surface area contributed by atoms with Crippen LogP contribution >= 0.6 is 0 Å². The molecule has 27 heavy (non-hydrogen) atoms. The molecule has 2 amide bonds. The van der Waals surface area contributed by atoms with Gasteiger partial charge in [-0.1, -0.05) is 26.0 Å². The van der Waals surface area contributed by atoms with Crippen molar-refractivity contribution in [2.24, 2.45) is 5.92 Å². The lowest BCUT2D eigenvalue weighted by molar-refractivity contribution is -0.117. The van der Waals surface area contributed by atoms with Crippen molar-refractivity contribution in [2.75, 3.05) is 16.8 Å². The molecule has 0 spiro atoms. The molecule has 1 aromatic carbocycles. The van der Waals surface area contributed by atoms with E-state index in [9.17, 15) is 9.59 Å². The average Bonchev–Trinajstić information content (AvgIpc) is 3.14. The number of carbonyl (C=O) groups is 2. The van der Waals surface area contributed by atoms with Crippen molar-refractivity contribution in [3.8, 4) is 0 Å². The van der Waals surface area contributed by atoms with Crippen LogP contribution in [-0.2, 0) is 22.6 Å². The third kappa shape index (κ3) is 4.21.